The monoisotopic (exact) mass is 347 g/mol. The molecule has 5 heteroatoms. The average Bonchev–Trinajstić information content (AvgIpc) is 3.31. The third-order valence-corrected chi connectivity index (χ3v) is 4.82. The fourth-order valence-electron chi connectivity index (χ4n) is 3.40. The van der Waals surface area contributed by atoms with Crippen LogP contribution in [0.3, 0.4) is 0 Å². The Labute approximate surface area is 152 Å². The molecule has 1 amide bonds. The molecule has 5 nitrogen and oxygen atoms in total. The summed E-state index contributed by atoms with van der Waals surface area (Å²) >= 11 is 0. The number of hydrogen-bond acceptors (Lipinski definition) is 4. The van der Waals surface area contributed by atoms with Crippen molar-refractivity contribution in [2.24, 2.45) is 0 Å². The molecule has 0 aliphatic carbocycles. The van der Waals surface area contributed by atoms with E-state index in [1.165, 1.54) is 0 Å². The van der Waals surface area contributed by atoms with Crippen molar-refractivity contribution >= 4 is 5.91 Å². The lowest BCUT2D eigenvalue weighted by Gasteiger charge is -2.22. The third kappa shape index (κ3) is 3.12. The predicted molar refractivity (Wildman–Crippen MR) is 98.7 cm³/mol. The molecule has 1 aromatic heterocycles. The number of likely N-dealkylation sites (tertiary alicyclic amines) is 1. The van der Waals surface area contributed by atoms with Crippen LogP contribution in [0.1, 0.15) is 46.3 Å². The van der Waals surface area contributed by atoms with Gasteiger partial charge in [-0.3, -0.25) is 4.79 Å². The number of rotatable bonds is 3. The Balaban J connectivity index is 1.59. The first kappa shape index (κ1) is 16.5. The molecule has 1 fully saturated rings. The van der Waals surface area contributed by atoms with Gasteiger partial charge in [-0.1, -0.05) is 46.6 Å². The lowest BCUT2D eigenvalue weighted by atomic mass is 10.1. The van der Waals surface area contributed by atoms with Gasteiger partial charge in [0, 0.05) is 17.7 Å². The maximum atomic E-state index is 12.9. The summed E-state index contributed by atoms with van der Waals surface area (Å²) in [5, 5.41) is 4.13. The molecule has 2 heterocycles. The third-order valence-electron chi connectivity index (χ3n) is 4.82. The van der Waals surface area contributed by atoms with Crippen molar-refractivity contribution < 1.29 is 9.32 Å². The lowest BCUT2D eigenvalue weighted by molar-refractivity contribution is 0.0710. The SMILES string of the molecule is Cc1ccc(C(=O)N2CCC[C@@H]2c2nc(-c3cccc(C)c3)no2)cc1. The van der Waals surface area contributed by atoms with Crippen molar-refractivity contribution in [1.29, 1.82) is 0 Å². The molecule has 3 aromatic rings. The van der Waals surface area contributed by atoms with Gasteiger partial charge >= 0.3 is 0 Å². The van der Waals surface area contributed by atoms with E-state index in [9.17, 15) is 4.79 Å². The number of aromatic nitrogens is 2. The number of aryl methyl sites for hydroxylation is 2. The van der Waals surface area contributed by atoms with Gasteiger partial charge in [-0.05, 0) is 44.9 Å². The van der Waals surface area contributed by atoms with Crippen LogP contribution < -0.4 is 0 Å². The van der Waals surface area contributed by atoms with Crippen LogP contribution in [0.4, 0.5) is 0 Å². The fraction of sp³-hybridized carbons (Fsp3) is 0.286. The second-order valence-electron chi connectivity index (χ2n) is 6.85. The molecule has 1 aliphatic rings. The lowest BCUT2D eigenvalue weighted by Crippen LogP contribution is -2.30. The highest BCUT2D eigenvalue weighted by molar-refractivity contribution is 5.94. The Hall–Kier alpha value is -2.95. The molecular formula is C21H21N3O2. The molecule has 0 spiro atoms. The predicted octanol–water partition coefficient (Wildman–Crippen LogP) is 4.33. The van der Waals surface area contributed by atoms with Crippen molar-refractivity contribution in [3.05, 3.63) is 71.1 Å². The first-order valence-electron chi connectivity index (χ1n) is 8.90. The summed E-state index contributed by atoms with van der Waals surface area (Å²) in [5.74, 6) is 1.10. The molecule has 1 saturated heterocycles. The second-order valence-corrected chi connectivity index (χ2v) is 6.85. The topological polar surface area (TPSA) is 59.2 Å². The molecule has 0 N–H and O–H groups in total. The Morgan fingerprint density at radius 2 is 1.92 bits per heavy atom. The Morgan fingerprint density at radius 3 is 2.69 bits per heavy atom. The minimum absolute atomic E-state index is 0.0165. The van der Waals surface area contributed by atoms with Gasteiger partial charge < -0.3 is 9.42 Å². The normalized spacial score (nSPS) is 16.8. The van der Waals surface area contributed by atoms with Crippen LogP contribution in [0.25, 0.3) is 11.4 Å². The number of carbonyl (C=O) groups is 1. The van der Waals surface area contributed by atoms with Crippen molar-refractivity contribution in [1.82, 2.24) is 15.0 Å². The zero-order valence-electron chi connectivity index (χ0n) is 15.0. The van der Waals surface area contributed by atoms with Gasteiger partial charge in [0.05, 0.1) is 0 Å². The molecule has 132 valence electrons. The van der Waals surface area contributed by atoms with E-state index in [4.69, 9.17) is 4.52 Å². The van der Waals surface area contributed by atoms with Crippen molar-refractivity contribution in [2.45, 2.75) is 32.7 Å². The highest BCUT2D eigenvalue weighted by Gasteiger charge is 2.34. The Kier molecular flexibility index (Phi) is 4.29. The molecule has 26 heavy (non-hydrogen) atoms. The summed E-state index contributed by atoms with van der Waals surface area (Å²) in [7, 11) is 0. The minimum Gasteiger partial charge on any atom is -0.337 e. The van der Waals surface area contributed by atoms with Crippen molar-refractivity contribution in [3.8, 4) is 11.4 Å². The van der Waals surface area contributed by atoms with E-state index in [2.05, 4.69) is 10.1 Å². The van der Waals surface area contributed by atoms with Crippen molar-refractivity contribution in [3.63, 3.8) is 0 Å². The molecule has 2 aromatic carbocycles. The summed E-state index contributed by atoms with van der Waals surface area (Å²) in [6.45, 7) is 4.75. The van der Waals surface area contributed by atoms with Crippen LogP contribution in [-0.4, -0.2) is 27.5 Å². The minimum atomic E-state index is -0.158. The Bertz CT molecular complexity index is 930. The highest BCUT2D eigenvalue weighted by atomic mass is 16.5. The van der Waals surface area contributed by atoms with E-state index >= 15 is 0 Å². The van der Waals surface area contributed by atoms with E-state index in [1.807, 2.05) is 67.3 Å². The van der Waals surface area contributed by atoms with Crippen LogP contribution in [0, 0.1) is 13.8 Å². The second kappa shape index (κ2) is 6.75. The summed E-state index contributed by atoms with van der Waals surface area (Å²) in [5.41, 5.74) is 3.90. The summed E-state index contributed by atoms with van der Waals surface area (Å²) < 4.78 is 5.52. The smallest absolute Gasteiger partial charge is 0.254 e. The summed E-state index contributed by atoms with van der Waals surface area (Å²) in [4.78, 5) is 19.3. The highest BCUT2D eigenvalue weighted by Crippen LogP contribution is 2.33. The summed E-state index contributed by atoms with van der Waals surface area (Å²) in [6, 6.07) is 15.5. The van der Waals surface area contributed by atoms with E-state index < -0.39 is 0 Å². The van der Waals surface area contributed by atoms with Crippen LogP contribution in [-0.2, 0) is 0 Å². The van der Waals surface area contributed by atoms with Gasteiger partial charge in [0.25, 0.3) is 5.91 Å². The number of amides is 1. The van der Waals surface area contributed by atoms with E-state index in [1.54, 1.807) is 0 Å². The van der Waals surface area contributed by atoms with Crippen LogP contribution in [0.2, 0.25) is 0 Å². The van der Waals surface area contributed by atoms with Gasteiger partial charge in [-0.25, -0.2) is 0 Å². The van der Waals surface area contributed by atoms with E-state index in [0.717, 1.165) is 29.5 Å². The molecule has 0 unspecified atom stereocenters. The van der Waals surface area contributed by atoms with E-state index in [0.29, 0.717) is 23.8 Å². The molecule has 0 saturated carbocycles. The molecule has 4 rings (SSSR count). The number of benzene rings is 2. The zero-order valence-corrected chi connectivity index (χ0v) is 15.0. The number of nitrogens with zero attached hydrogens (tertiary/aromatic N) is 3. The molecule has 1 atom stereocenters. The number of carbonyl (C=O) groups excluding carboxylic acids is 1. The molecule has 1 aliphatic heterocycles. The number of hydrogen-bond donors (Lipinski definition) is 0. The first-order valence-corrected chi connectivity index (χ1v) is 8.90. The largest absolute Gasteiger partial charge is 0.337 e. The standard InChI is InChI=1S/C21H21N3O2/c1-14-8-10-16(11-9-14)21(25)24-12-4-7-18(24)20-22-19(23-26-20)17-6-3-5-15(2)13-17/h3,5-6,8-11,13,18H,4,7,12H2,1-2H3/t18-/m1/s1. The van der Waals surface area contributed by atoms with E-state index in [-0.39, 0.29) is 11.9 Å². The van der Waals surface area contributed by atoms with Gasteiger partial charge in [0.2, 0.25) is 11.7 Å². The van der Waals surface area contributed by atoms with Gasteiger partial charge in [-0.2, -0.15) is 4.98 Å². The quantitative estimate of drug-likeness (QED) is 0.707. The van der Waals surface area contributed by atoms with Gasteiger partial charge in [-0.15, -0.1) is 0 Å². The first-order chi connectivity index (χ1) is 12.6. The Morgan fingerprint density at radius 1 is 1.12 bits per heavy atom. The van der Waals surface area contributed by atoms with Crippen molar-refractivity contribution in [2.75, 3.05) is 6.54 Å². The molecule has 0 bridgehead atoms. The van der Waals surface area contributed by atoms with Crippen LogP contribution >= 0.6 is 0 Å². The average molecular weight is 347 g/mol. The zero-order chi connectivity index (χ0) is 18.1. The van der Waals surface area contributed by atoms with Crippen LogP contribution in [0.5, 0.6) is 0 Å². The fourth-order valence-corrected chi connectivity index (χ4v) is 3.40. The summed E-state index contributed by atoms with van der Waals surface area (Å²) in [6.07, 6.45) is 1.78. The van der Waals surface area contributed by atoms with Gasteiger partial charge in [0.1, 0.15) is 6.04 Å². The molecular weight excluding hydrogens is 326 g/mol. The van der Waals surface area contributed by atoms with Crippen LogP contribution in [0.15, 0.2) is 53.1 Å². The van der Waals surface area contributed by atoms with Gasteiger partial charge in [0.15, 0.2) is 0 Å². The maximum Gasteiger partial charge on any atom is 0.254 e. The molecule has 0 radical (unpaired) electrons. The maximum absolute atomic E-state index is 12.9.